The summed E-state index contributed by atoms with van der Waals surface area (Å²) in [5, 5.41) is 11.4. The summed E-state index contributed by atoms with van der Waals surface area (Å²) < 4.78 is 1.77. The molecule has 0 spiro atoms. The van der Waals surface area contributed by atoms with E-state index in [2.05, 4.69) is 22.7 Å². The van der Waals surface area contributed by atoms with Gasteiger partial charge in [0, 0.05) is 36.1 Å². The molecule has 0 bridgehead atoms. The van der Waals surface area contributed by atoms with Gasteiger partial charge in [0.05, 0.1) is 6.20 Å². The Morgan fingerprint density at radius 2 is 1.64 bits per heavy atom. The number of aromatic nitrogens is 2. The lowest BCUT2D eigenvalue weighted by molar-refractivity contribution is -0.118. The van der Waals surface area contributed by atoms with Gasteiger partial charge in [0.25, 0.3) is 0 Å². The Morgan fingerprint density at radius 3 is 2.27 bits per heavy atom. The molecular formula is C27H27ClN4O. The summed E-state index contributed by atoms with van der Waals surface area (Å²) in [5.41, 5.74) is 4.93. The van der Waals surface area contributed by atoms with Crippen LogP contribution in [0.2, 0.25) is 5.02 Å². The van der Waals surface area contributed by atoms with Gasteiger partial charge in [0.15, 0.2) is 0 Å². The van der Waals surface area contributed by atoms with E-state index in [-0.39, 0.29) is 11.8 Å². The van der Waals surface area contributed by atoms with Crippen LogP contribution in [-0.2, 0) is 11.8 Å². The van der Waals surface area contributed by atoms with Crippen molar-refractivity contribution in [3.63, 3.8) is 0 Å². The van der Waals surface area contributed by atoms with Gasteiger partial charge in [-0.05, 0) is 46.9 Å². The summed E-state index contributed by atoms with van der Waals surface area (Å²) in [6.07, 6.45) is 3.79. The number of halogens is 1. The van der Waals surface area contributed by atoms with Crippen LogP contribution in [0.25, 0.3) is 11.1 Å². The number of carbonyl (C=O) groups excluding carboxylic acids is 1. The smallest absolute Gasteiger partial charge is 0.246 e. The third kappa shape index (κ3) is 5.89. The Bertz CT molecular complexity index is 1190. The van der Waals surface area contributed by atoms with Crippen LogP contribution in [0.15, 0.2) is 91.3 Å². The van der Waals surface area contributed by atoms with Gasteiger partial charge in [-0.25, -0.2) is 0 Å². The predicted octanol–water partition coefficient (Wildman–Crippen LogP) is 5.81. The SMILES string of the molecule is CC(CNC(C(=O)Nc1ccc(-c2cnn(C)c2)cc1)c1ccccc1)c1ccc(Cl)cc1. The number of benzene rings is 3. The zero-order valence-corrected chi connectivity index (χ0v) is 19.5. The van der Waals surface area contributed by atoms with Gasteiger partial charge in [-0.15, -0.1) is 0 Å². The van der Waals surface area contributed by atoms with Crippen LogP contribution in [-0.4, -0.2) is 22.2 Å². The predicted molar refractivity (Wildman–Crippen MR) is 134 cm³/mol. The molecule has 168 valence electrons. The van der Waals surface area contributed by atoms with Gasteiger partial charge >= 0.3 is 0 Å². The van der Waals surface area contributed by atoms with Crippen LogP contribution >= 0.6 is 11.6 Å². The lowest BCUT2D eigenvalue weighted by atomic mass is 9.99. The van der Waals surface area contributed by atoms with Crippen molar-refractivity contribution in [2.75, 3.05) is 11.9 Å². The molecule has 2 atom stereocenters. The van der Waals surface area contributed by atoms with Gasteiger partial charge in [-0.2, -0.15) is 5.10 Å². The quantitative estimate of drug-likeness (QED) is 0.350. The Balaban J connectivity index is 1.46. The average molecular weight is 459 g/mol. The number of nitrogens with zero attached hydrogens (tertiary/aromatic N) is 2. The van der Waals surface area contributed by atoms with Crippen molar-refractivity contribution in [2.45, 2.75) is 18.9 Å². The first kappa shape index (κ1) is 22.8. The van der Waals surface area contributed by atoms with E-state index in [0.29, 0.717) is 6.54 Å². The first-order chi connectivity index (χ1) is 16.0. The number of nitrogens with one attached hydrogen (secondary N) is 2. The monoisotopic (exact) mass is 458 g/mol. The molecule has 3 aromatic carbocycles. The largest absolute Gasteiger partial charge is 0.324 e. The van der Waals surface area contributed by atoms with Gasteiger partial charge in [0.1, 0.15) is 6.04 Å². The number of rotatable bonds is 8. The lowest BCUT2D eigenvalue weighted by Gasteiger charge is -2.22. The van der Waals surface area contributed by atoms with E-state index < -0.39 is 6.04 Å². The van der Waals surface area contributed by atoms with Gasteiger partial charge in [0.2, 0.25) is 5.91 Å². The zero-order valence-electron chi connectivity index (χ0n) is 18.7. The highest BCUT2D eigenvalue weighted by Crippen LogP contribution is 2.23. The Labute approximate surface area is 199 Å². The molecule has 0 fully saturated rings. The van der Waals surface area contributed by atoms with Crippen molar-refractivity contribution in [3.05, 3.63) is 107 Å². The molecule has 5 nitrogen and oxygen atoms in total. The fourth-order valence-electron chi connectivity index (χ4n) is 3.74. The molecule has 33 heavy (non-hydrogen) atoms. The topological polar surface area (TPSA) is 59.0 Å². The molecule has 0 saturated heterocycles. The highest BCUT2D eigenvalue weighted by molar-refractivity contribution is 6.30. The fourth-order valence-corrected chi connectivity index (χ4v) is 3.87. The van der Waals surface area contributed by atoms with Crippen molar-refractivity contribution in [1.82, 2.24) is 15.1 Å². The van der Waals surface area contributed by atoms with Crippen molar-refractivity contribution < 1.29 is 4.79 Å². The molecule has 2 unspecified atom stereocenters. The Hall–Kier alpha value is -3.41. The van der Waals surface area contributed by atoms with E-state index in [1.54, 1.807) is 4.68 Å². The molecular weight excluding hydrogens is 432 g/mol. The van der Waals surface area contributed by atoms with E-state index in [1.807, 2.05) is 98.3 Å². The highest BCUT2D eigenvalue weighted by atomic mass is 35.5. The second kappa shape index (κ2) is 10.5. The summed E-state index contributed by atoms with van der Waals surface area (Å²) in [4.78, 5) is 13.3. The van der Waals surface area contributed by atoms with Crippen molar-refractivity contribution in [3.8, 4) is 11.1 Å². The van der Waals surface area contributed by atoms with Crippen LogP contribution in [0.1, 0.15) is 30.0 Å². The second-order valence-corrected chi connectivity index (χ2v) is 8.61. The lowest BCUT2D eigenvalue weighted by Crippen LogP contribution is -2.35. The van der Waals surface area contributed by atoms with Gasteiger partial charge in [-0.3, -0.25) is 9.48 Å². The molecule has 2 N–H and O–H groups in total. The summed E-state index contributed by atoms with van der Waals surface area (Å²) in [5.74, 6) is 0.124. The third-order valence-electron chi connectivity index (χ3n) is 5.65. The van der Waals surface area contributed by atoms with E-state index in [4.69, 9.17) is 11.6 Å². The molecule has 0 saturated carbocycles. The van der Waals surface area contributed by atoms with Gasteiger partial charge < -0.3 is 10.6 Å². The summed E-state index contributed by atoms with van der Waals surface area (Å²) >= 11 is 6.02. The van der Waals surface area contributed by atoms with E-state index in [1.165, 1.54) is 5.56 Å². The maximum Gasteiger partial charge on any atom is 0.246 e. The van der Waals surface area contributed by atoms with E-state index in [9.17, 15) is 4.79 Å². The van der Waals surface area contributed by atoms with Crippen LogP contribution in [0, 0.1) is 0 Å². The first-order valence-corrected chi connectivity index (χ1v) is 11.3. The standard InChI is InChI=1S/C27H27ClN4O/c1-19(20-8-12-24(28)13-9-20)16-29-26(22-6-4-3-5-7-22)27(33)31-25-14-10-21(11-15-25)23-17-30-32(2)18-23/h3-15,17-19,26,29H,16H2,1-2H3,(H,31,33). The first-order valence-electron chi connectivity index (χ1n) is 10.9. The molecule has 1 amide bonds. The number of carbonyl (C=O) groups is 1. The molecule has 0 radical (unpaired) electrons. The van der Waals surface area contributed by atoms with E-state index >= 15 is 0 Å². The van der Waals surface area contributed by atoms with Crippen LogP contribution in [0.3, 0.4) is 0 Å². The molecule has 0 aliphatic heterocycles. The van der Waals surface area contributed by atoms with Crippen LogP contribution < -0.4 is 10.6 Å². The molecule has 0 aliphatic rings. The van der Waals surface area contributed by atoms with Crippen LogP contribution in [0.5, 0.6) is 0 Å². The minimum absolute atomic E-state index is 0.0985. The molecule has 0 aliphatic carbocycles. The van der Waals surface area contributed by atoms with E-state index in [0.717, 1.165) is 27.4 Å². The minimum Gasteiger partial charge on any atom is -0.324 e. The van der Waals surface area contributed by atoms with Crippen molar-refractivity contribution >= 4 is 23.2 Å². The molecule has 4 aromatic rings. The summed E-state index contributed by atoms with van der Waals surface area (Å²) in [6.45, 7) is 2.78. The molecule has 4 rings (SSSR count). The number of hydrogen-bond donors (Lipinski definition) is 2. The highest BCUT2D eigenvalue weighted by Gasteiger charge is 2.21. The number of anilines is 1. The maximum atomic E-state index is 13.3. The average Bonchev–Trinajstić information content (AvgIpc) is 3.27. The summed E-state index contributed by atoms with van der Waals surface area (Å²) in [7, 11) is 1.89. The fraction of sp³-hybridized carbons (Fsp3) is 0.185. The third-order valence-corrected chi connectivity index (χ3v) is 5.90. The van der Waals surface area contributed by atoms with Crippen molar-refractivity contribution in [2.24, 2.45) is 7.05 Å². The normalized spacial score (nSPS) is 12.8. The second-order valence-electron chi connectivity index (χ2n) is 8.17. The molecule has 6 heteroatoms. The zero-order chi connectivity index (χ0) is 23.2. The van der Waals surface area contributed by atoms with Crippen LogP contribution in [0.4, 0.5) is 5.69 Å². The number of amides is 1. The van der Waals surface area contributed by atoms with Crippen molar-refractivity contribution in [1.29, 1.82) is 0 Å². The minimum atomic E-state index is -0.473. The number of hydrogen-bond acceptors (Lipinski definition) is 3. The Morgan fingerprint density at radius 1 is 0.939 bits per heavy atom. The summed E-state index contributed by atoms with van der Waals surface area (Å²) in [6, 6.07) is 24.9. The number of aryl methyl sites for hydroxylation is 1. The molecule has 1 heterocycles. The van der Waals surface area contributed by atoms with Gasteiger partial charge in [-0.1, -0.05) is 73.1 Å². The Kier molecular flexibility index (Phi) is 7.23. The maximum absolute atomic E-state index is 13.3. The molecule has 1 aromatic heterocycles.